The predicted molar refractivity (Wildman–Crippen MR) is 82.9 cm³/mol. The molecule has 2 amide bonds. The molecule has 14 heteroatoms. The first-order chi connectivity index (χ1) is 12.7. The first-order valence-electron chi connectivity index (χ1n) is 7.73. The zero-order valence-corrected chi connectivity index (χ0v) is 15.1. The Hall–Kier alpha value is -2.71. The van der Waals surface area contributed by atoms with E-state index in [1.165, 1.54) is 10.9 Å². The van der Waals surface area contributed by atoms with Crippen molar-refractivity contribution in [1.29, 1.82) is 0 Å². The third-order valence-corrected chi connectivity index (χ3v) is 4.46. The van der Waals surface area contributed by atoms with Gasteiger partial charge in [-0.15, -0.1) is 4.28 Å². The van der Waals surface area contributed by atoms with Gasteiger partial charge in [-0.3, -0.25) is 14.0 Å². The van der Waals surface area contributed by atoms with Gasteiger partial charge in [0.15, 0.2) is 6.04 Å². The maximum absolute atomic E-state index is 12.5. The maximum Gasteiger partial charge on any atom is 0.418 e. The van der Waals surface area contributed by atoms with Gasteiger partial charge in [0.2, 0.25) is 0 Å². The van der Waals surface area contributed by atoms with E-state index >= 15 is 0 Å². The molecular weight excluding hydrogens is 388 g/mol. The summed E-state index contributed by atoms with van der Waals surface area (Å²) in [5.74, 6) is -1.43. The minimum atomic E-state index is -4.98. The summed E-state index contributed by atoms with van der Waals surface area (Å²) in [6.07, 6.45) is 1.28. The van der Waals surface area contributed by atoms with Crippen LogP contribution >= 0.6 is 0 Å². The van der Waals surface area contributed by atoms with Crippen LogP contribution in [0.2, 0.25) is 0 Å². The summed E-state index contributed by atoms with van der Waals surface area (Å²) < 4.78 is 46.2. The number of amides is 2. The molecule has 2 bridgehead atoms. The molecule has 27 heavy (non-hydrogen) atoms. The fourth-order valence-corrected chi connectivity index (χ4v) is 3.51. The second kappa shape index (κ2) is 6.79. The molecule has 0 radical (unpaired) electrons. The van der Waals surface area contributed by atoms with E-state index in [-0.39, 0.29) is 31.0 Å². The number of ether oxygens (including phenoxy) is 2. The summed E-state index contributed by atoms with van der Waals surface area (Å²) in [4.78, 5) is 37.7. The van der Waals surface area contributed by atoms with Crippen molar-refractivity contribution < 1.29 is 41.1 Å². The highest BCUT2D eigenvalue weighted by Crippen LogP contribution is 2.44. The zero-order valence-electron chi connectivity index (χ0n) is 14.3. The molecule has 2 atom stereocenters. The molecule has 0 saturated carbocycles. The van der Waals surface area contributed by atoms with E-state index in [9.17, 15) is 22.8 Å². The molecular formula is C13H16N4O9S. The van der Waals surface area contributed by atoms with E-state index in [4.69, 9.17) is 14.0 Å². The largest absolute Gasteiger partial charge is 0.467 e. The van der Waals surface area contributed by atoms with Crippen LogP contribution < -0.4 is 0 Å². The molecule has 1 aromatic rings. The standard InChI is InChI=1S/C13H16N4O9S/c1-3-25-9(18)6-16-10-7(4-14-16)8-5-15(11(10)12(19)24-2)13(20)17(8)26-27(21,22)23/h4,8,11H,3,5-6H2,1-2H3,(H,21,22,23)/t8-,11?/m1/s1. The lowest BCUT2D eigenvalue weighted by molar-refractivity contribution is -0.147. The topological polar surface area (TPSA) is 158 Å². The molecule has 2 aliphatic rings. The number of carbonyl (C=O) groups is 3. The normalized spacial score (nSPS) is 21.2. The molecule has 13 nitrogen and oxygen atoms in total. The van der Waals surface area contributed by atoms with Gasteiger partial charge in [0.1, 0.15) is 12.6 Å². The lowest BCUT2D eigenvalue weighted by Gasteiger charge is -2.29. The summed E-state index contributed by atoms with van der Waals surface area (Å²) in [7, 11) is -3.87. The second-order valence-electron chi connectivity index (χ2n) is 5.65. The predicted octanol–water partition coefficient (Wildman–Crippen LogP) is -0.813. The van der Waals surface area contributed by atoms with Gasteiger partial charge in [-0.1, -0.05) is 0 Å². The van der Waals surface area contributed by atoms with Crippen LogP contribution in [0.3, 0.4) is 0 Å². The van der Waals surface area contributed by atoms with Gasteiger partial charge in [-0.25, -0.2) is 9.59 Å². The van der Waals surface area contributed by atoms with E-state index in [0.717, 1.165) is 12.0 Å². The highest BCUT2D eigenvalue weighted by atomic mass is 32.3. The number of carbonyl (C=O) groups excluding carboxylic acids is 3. The zero-order chi connectivity index (χ0) is 19.9. The number of fused-ring (bicyclic) bond motifs is 4. The summed E-state index contributed by atoms with van der Waals surface area (Å²) in [5, 5.41) is 4.48. The average molecular weight is 404 g/mol. The van der Waals surface area contributed by atoms with Gasteiger partial charge in [0.05, 0.1) is 32.2 Å². The van der Waals surface area contributed by atoms with Crippen LogP contribution in [0.5, 0.6) is 0 Å². The number of rotatable bonds is 6. The summed E-state index contributed by atoms with van der Waals surface area (Å²) in [6.45, 7) is 1.34. The van der Waals surface area contributed by atoms with Crippen LogP contribution in [0.25, 0.3) is 0 Å². The van der Waals surface area contributed by atoms with E-state index in [0.29, 0.717) is 5.06 Å². The van der Waals surface area contributed by atoms with Crippen molar-refractivity contribution in [3.63, 3.8) is 0 Å². The molecule has 2 aliphatic heterocycles. The van der Waals surface area contributed by atoms with Crippen LogP contribution in [-0.4, -0.2) is 70.9 Å². The van der Waals surface area contributed by atoms with Crippen LogP contribution in [-0.2, 0) is 40.3 Å². The molecule has 3 rings (SSSR count). The van der Waals surface area contributed by atoms with Gasteiger partial charge < -0.3 is 14.4 Å². The van der Waals surface area contributed by atoms with E-state index in [1.807, 2.05) is 0 Å². The Morgan fingerprint density at radius 3 is 2.70 bits per heavy atom. The third-order valence-electron chi connectivity index (χ3n) is 4.11. The molecule has 148 valence electrons. The SMILES string of the molecule is CCOC(=O)Cn1ncc2c1C(C(=O)OC)N1C[C@H]2N(OS(=O)(=O)O)C1=O. The van der Waals surface area contributed by atoms with Crippen molar-refractivity contribution in [2.75, 3.05) is 20.3 Å². The monoisotopic (exact) mass is 404 g/mol. The fourth-order valence-electron chi connectivity index (χ4n) is 3.14. The molecule has 1 N–H and O–H groups in total. The lowest BCUT2D eigenvalue weighted by atomic mass is 9.98. The van der Waals surface area contributed by atoms with Crippen molar-refractivity contribution in [3.05, 3.63) is 17.5 Å². The molecule has 1 aromatic heterocycles. The van der Waals surface area contributed by atoms with Crippen molar-refractivity contribution in [2.24, 2.45) is 0 Å². The van der Waals surface area contributed by atoms with E-state index in [1.54, 1.807) is 6.92 Å². The lowest BCUT2D eigenvalue weighted by Crippen LogP contribution is -2.40. The highest BCUT2D eigenvalue weighted by Gasteiger charge is 2.54. The van der Waals surface area contributed by atoms with Gasteiger partial charge >= 0.3 is 28.4 Å². The number of methoxy groups -OCH3 is 1. The number of hydrogen-bond donors (Lipinski definition) is 1. The van der Waals surface area contributed by atoms with E-state index in [2.05, 4.69) is 9.38 Å². The fraction of sp³-hybridized carbons (Fsp3) is 0.538. The van der Waals surface area contributed by atoms with Gasteiger partial charge in [-0.05, 0) is 6.92 Å². The number of esters is 2. The molecule has 1 fully saturated rings. The molecule has 1 saturated heterocycles. The van der Waals surface area contributed by atoms with Crippen molar-refractivity contribution in [1.82, 2.24) is 19.7 Å². The average Bonchev–Trinajstić information content (AvgIpc) is 3.10. The second-order valence-corrected chi connectivity index (χ2v) is 6.66. The van der Waals surface area contributed by atoms with Gasteiger partial charge in [0, 0.05) is 5.56 Å². The molecule has 0 spiro atoms. The Balaban J connectivity index is 2.06. The quantitative estimate of drug-likeness (QED) is 0.469. The molecule has 3 heterocycles. The molecule has 0 aliphatic carbocycles. The number of aromatic nitrogens is 2. The highest BCUT2D eigenvalue weighted by molar-refractivity contribution is 7.80. The summed E-state index contributed by atoms with van der Waals surface area (Å²) in [6, 6.07) is -3.21. The van der Waals surface area contributed by atoms with Gasteiger partial charge in [-0.2, -0.15) is 18.6 Å². The summed E-state index contributed by atoms with van der Waals surface area (Å²) >= 11 is 0. The molecule has 0 aromatic carbocycles. The van der Waals surface area contributed by atoms with Crippen LogP contribution in [0.15, 0.2) is 6.20 Å². The minimum Gasteiger partial charge on any atom is -0.467 e. The Kier molecular flexibility index (Phi) is 4.79. The van der Waals surface area contributed by atoms with Crippen LogP contribution in [0.1, 0.15) is 30.3 Å². The Morgan fingerprint density at radius 1 is 1.41 bits per heavy atom. The smallest absolute Gasteiger partial charge is 0.418 e. The minimum absolute atomic E-state index is 0.105. The maximum atomic E-state index is 12.5. The number of hydrogen-bond acceptors (Lipinski definition) is 9. The molecule has 1 unspecified atom stereocenters. The Bertz CT molecular complexity index is 896. The van der Waals surface area contributed by atoms with Crippen molar-refractivity contribution in [2.45, 2.75) is 25.6 Å². The Labute approximate surface area is 153 Å². The van der Waals surface area contributed by atoms with Crippen LogP contribution in [0.4, 0.5) is 4.79 Å². The van der Waals surface area contributed by atoms with Gasteiger partial charge in [0.25, 0.3) is 0 Å². The van der Waals surface area contributed by atoms with E-state index < -0.39 is 40.5 Å². The Morgan fingerprint density at radius 2 is 2.11 bits per heavy atom. The first-order valence-corrected chi connectivity index (χ1v) is 9.10. The number of urea groups is 1. The van der Waals surface area contributed by atoms with Crippen LogP contribution in [0, 0.1) is 0 Å². The third kappa shape index (κ3) is 3.33. The number of hydroxylamine groups is 2. The summed E-state index contributed by atoms with van der Waals surface area (Å²) in [5.41, 5.74) is 0.446. The van der Waals surface area contributed by atoms with Crippen molar-refractivity contribution in [3.8, 4) is 0 Å². The van der Waals surface area contributed by atoms with Crippen molar-refractivity contribution >= 4 is 28.4 Å². The number of nitrogens with zero attached hydrogens (tertiary/aromatic N) is 4. The first kappa shape index (κ1) is 19.1.